The number of hydrogen-bond donors (Lipinski definition) is 0. The van der Waals surface area contributed by atoms with Crippen molar-refractivity contribution in [3.8, 4) is 0 Å². The Bertz CT molecular complexity index is 1230. The smallest absolute Gasteiger partial charge is 0.261 e. The van der Waals surface area contributed by atoms with Crippen molar-refractivity contribution in [1.82, 2.24) is 0 Å². The summed E-state index contributed by atoms with van der Waals surface area (Å²) < 4.78 is 7.76. The largest absolute Gasteiger partial charge is 0.404 e. The summed E-state index contributed by atoms with van der Waals surface area (Å²) in [7, 11) is -2.52. The van der Waals surface area contributed by atoms with E-state index in [-0.39, 0.29) is 5.04 Å². The fourth-order valence-electron chi connectivity index (χ4n) is 12.1. The van der Waals surface area contributed by atoms with E-state index in [1.807, 2.05) is 0 Å². The van der Waals surface area contributed by atoms with Gasteiger partial charge in [0.15, 0.2) is 0 Å². The molecule has 2 aromatic carbocycles. The van der Waals surface area contributed by atoms with Gasteiger partial charge in [0.05, 0.1) is 0 Å². The molecule has 0 amide bonds. The standard InChI is InChI=1S/C43H66OSi/c1-31(24-27-40(2,3)4)37-22-23-38-36-21-20-32-30-33(25-28-42(32,8)39(36)26-29-43(37,38)9)44-45(41(5,6)7,34-16-12-10-13-17-34)35-18-14-11-15-19-35/h10-19,31-33,36-39H,20-30H2,1-9H3/t31-,32?,33-,36?,37-,38?,39?,42+,43-/m1/s1. The lowest BCUT2D eigenvalue weighted by Crippen LogP contribution is -2.68. The highest BCUT2D eigenvalue weighted by Crippen LogP contribution is 2.68. The molecule has 0 N–H and O–H groups in total. The third-order valence-electron chi connectivity index (χ3n) is 14.5. The van der Waals surface area contributed by atoms with Crippen LogP contribution >= 0.6 is 0 Å². The van der Waals surface area contributed by atoms with Gasteiger partial charge in [-0.2, -0.15) is 0 Å². The predicted molar refractivity (Wildman–Crippen MR) is 196 cm³/mol. The zero-order chi connectivity index (χ0) is 32.3. The number of fused-ring (bicyclic) bond motifs is 5. The lowest BCUT2D eigenvalue weighted by Gasteiger charge is -2.62. The second-order valence-corrected chi connectivity index (χ2v) is 23.4. The maximum absolute atomic E-state index is 7.76. The summed E-state index contributed by atoms with van der Waals surface area (Å²) in [6.45, 7) is 22.7. The van der Waals surface area contributed by atoms with E-state index in [4.69, 9.17) is 4.43 Å². The Kier molecular flexibility index (Phi) is 9.13. The molecule has 0 heterocycles. The molecule has 0 aromatic heterocycles. The average molecular weight is 627 g/mol. The summed E-state index contributed by atoms with van der Waals surface area (Å²) in [5.41, 5.74) is 1.52. The molecule has 4 fully saturated rings. The Hall–Kier alpha value is -1.38. The topological polar surface area (TPSA) is 9.23 Å². The Labute approximate surface area is 278 Å². The molecule has 4 aliphatic carbocycles. The molecule has 0 saturated heterocycles. The van der Waals surface area contributed by atoms with Crippen LogP contribution in [-0.4, -0.2) is 14.4 Å². The van der Waals surface area contributed by atoms with Gasteiger partial charge in [-0.05, 0) is 138 Å². The van der Waals surface area contributed by atoms with E-state index in [0.29, 0.717) is 22.3 Å². The molecule has 0 spiro atoms. The van der Waals surface area contributed by atoms with Gasteiger partial charge in [-0.3, -0.25) is 0 Å². The van der Waals surface area contributed by atoms with Gasteiger partial charge in [-0.15, -0.1) is 0 Å². The first-order valence-corrected chi connectivity index (χ1v) is 20.9. The summed E-state index contributed by atoms with van der Waals surface area (Å²) in [5.74, 6) is 5.46. The summed E-state index contributed by atoms with van der Waals surface area (Å²) in [6.07, 6.45) is 15.8. The highest BCUT2D eigenvalue weighted by Gasteiger charge is 2.61. The Morgan fingerprint density at radius 2 is 1.31 bits per heavy atom. The van der Waals surface area contributed by atoms with E-state index in [9.17, 15) is 0 Å². The van der Waals surface area contributed by atoms with Crippen LogP contribution in [0.5, 0.6) is 0 Å². The van der Waals surface area contributed by atoms with Gasteiger partial charge in [0.1, 0.15) is 0 Å². The third-order valence-corrected chi connectivity index (χ3v) is 19.6. The molecule has 1 nitrogen and oxygen atoms in total. The van der Waals surface area contributed by atoms with E-state index in [2.05, 4.69) is 123 Å². The van der Waals surface area contributed by atoms with E-state index < -0.39 is 8.32 Å². The zero-order valence-corrected chi connectivity index (χ0v) is 31.5. The SMILES string of the molecule is C[C@H](CCC(C)(C)C)[C@H]1CCC2C3CCC4C[C@H](O[Si](c5ccccc5)(c5ccccc5)C(C)(C)C)CC[C@]4(C)C3CC[C@@]21C. The molecule has 0 bridgehead atoms. The fraction of sp³-hybridized carbons (Fsp3) is 0.721. The van der Waals surface area contributed by atoms with E-state index >= 15 is 0 Å². The van der Waals surface area contributed by atoms with Crippen molar-refractivity contribution in [2.75, 3.05) is 0 Å². The first kappa shape index (κ1) is 33.5. The Morgan fingerprint density at radius 3 is 1.89 bits per heavy atom. The van der Waals surface area contributed by atoms with Crippen LogP contribution in [0.15, 0.2) is 60.7 Å². The van der Waals surface area contributed by atoms with Crippen molar-refractivity contribution in [3.63, 3.8) is 0 Å². The second-order valence-electron chi connectivity index (χ2n) is 19.1. The quantitative estimate of drug-likeness (QED) is 0.278. The highest BCUT2D eigenvalue weighted by molar-refractivity contribution is 6.99. The van der Waals surface area contributed by atoms with Gasteiger partial charge in [-0.1, -0.05) is 123 Å². The predicted octanol–water partition coefficient (Wildman–Crippen LogP) is 11.1. The lowest BCUT2D eigenvalue weighted by molar-refractivity contribution is -0.127. The van der Waals surface area contributed by atoms with Crippen LogP contribution in [0.1, 0.15) is 133 Å². The number of hydrogen-bond acceptors (Lipinski definition) is 1. The van der Waals surface area contributed by atoms with Crippen LogP contribution in [-0.2, 0) is 4.43 Å². The molecule has 4 unspecified atom stereocenters. The van der Waals surface area contributed by atoms with Crippen LogP contribution < -0.4 is 10.4 Å². The summed E-state index contributed by atoms with van der Waals surface area (Å²) in [5, 5.41) is 2.91. The molecular weight excluding hydrogens is 561 g/mol. The molecule has 45 heavy (non-hydrogen) atoms. The summed E-state index contributed by atoms with van der Waals surface area (Å²) >= 11 is 0. The Morgan fingerprint density at radius 1 is 0.733 bits per heavy atom. The van der Waals surface area contributed by atoms with Crippen LogP contribution in [0.3, 0.4) is 0 Å². The van der Waals surface area contributed by atoms with E-state index in [1.54, 1.807) is 0 Å². The highest BCUT2D eigenvalue weighted by atomic mass is 28.4. The molecule has 4 saturated carbocycles. The summed E-state index contributed by atoms with van der Waals surface area (Å²) in [4.78, 5) is 0. The second kappa shape index (κ2) is 12.3. The minimum Gasteiger partial charge on any atom is -0.404 e. The molecule has 0 aliphatic heterocycles. The molecule has 4 aliphatic rings. The van der Waals surface area contributed by atoms with Crippen LogP contribution in [0.4, 0.5) is 0 Å². The fourth-order valence-corrected chi connectivity index (χ4v) is 16.8. The number of rotatable bonds is 7. The number of benzene rings is 2. The van der Waals surface area contributed by atoms with Gasteiger partial charge in [-0.25, -0.2) is 0 Å². The van der Waals surface area contributed by atoms with E-state index in [0.717, 1.165) is 35.5 Å². The van der Waals surface area contributed by atoms with Gasteiger partial charge in [0.2, 0.25) is 0 Å². The van der Waals surface area contributed by atoms with Gasteiger partial charge in [0.25, 0.3) is 8.32 Å². The van der Waals surface area contributed by atoms with Crippen molar-refractivity contribution in [3.05, 3.63) is 60.7 Å². The molecule has 9 atom stereocenters. The van der Waals surface area contributed by atoms with Gasteiger partial charge in [0, 0.05) is 6.10 Å². The minimum atomic E-state index is -2.52. The molecule has 6 rings (SSSR count). The molecule has 2 aromatic rings. The minimum absolute atomic E-state index is 0.0466. The monoisotopic (exact) mass is 626 g/mol. The van der Waals surface area contributed by atoms with Crippen molar-refractivity contribution in [2.24, 2.45) is 51.8 Å². The first-order chi connectivity index (χ1) is 21.2. The van der Waals surface area contributed by atoms with Gasteiger partial charge < -0.3 is 4.43 Å². The van der Waals surface area contributed by atoms with Crippen molar-refractivity contribution < 1.29 is 4.43 Å². The van der Waals surface area contributed by atoms with Crippen LogP contribution in [0.25, 0.3) is 0 Å². The lowest BCUT2D eigenvalue weighted by atomic mass is 9.44. The van der Waals surface area contributed by atoms with Crippen molar-refractivity contribution in [1.29, 1.82) is 0 Å². The van der Waals surface area contributed by atoms with Crippen LogP contribution in [0.2, 0.25) is 5.04 Å². The van der Waals surface area contributed by atoms with Crippen LogP contribution in [0, 0.1) is 51.8 Å². The molecule has 248 valence electrons. The average Bonchev–Trinajstić information content (AvgIpc) is 3.36. The maximum atomic E-state index is 7.76. The Balaban J connectivity index is 1.21. The molecular formula is C43H66OSi. The van der Waals surface area contributed by atoms with Crippen molar-refractivity contribution in [2.45, 2.75) is 144 Å². The molecule has 0 radical (unpaired) electrons. The normalized spacial score (nSPS) is 36.1. The van der Waals surface area contributed by atoms with Crippen molar-refractivity contribution >= 4 is 18.7 Å². The maximum Gasteiger partial charge on any atom is 0.261 e. The zero-order valence-electron chi connectivity index (χ0n) is 30.5. The third kappa shape index (κ3) is 5.96. The van der Waals surface area contributed by atoms with Gasteiger partial charge >= 0.3 is 0 Å². The van der Waals surface area contributed by atoms with E-state index in [1.165, 1.54) is 81.0 Å². The summed E-state index contributed by atoms with van der Waals surface area (Å²) in [6, 6.07) is 22.7. The molecule has 2 heteroatoms. The first-order valence-electron chi connectivity index (χ1n) is 19.0.